The highest BCUT2D eigenvalue weighted by atomic mass is 16.5. The molecule has 1 aliphatic heterocycles. The Morgan fingerprint density at radius 1 is 1.70 bits per heavy atom. The van der Waals surface area contributed by atoms with E-state index in [4.69, 9.17) is 4.74 Å². The average Bonchev–Trinajstić information content (AvgIpc) is 2.34. The van der Waals surface area contributed by atoms with E-state index >= 15 is 0 Å². The lowest BCUT2D eigenvalue weighted by molar-refractivity contribution is 0.110. The first-order chi connectivity index (χ1) is 4.79. The number of ether oxygens (including phenoxy) is 1. The minimum Gasteiger partial charge on any atom is -0.371 e. The molecule has 0 saturated heterocycles. The van der Waals surface area contributed by atoms with Gasteiger partial charge in [0.25, 0.3) is 0 Å². The van der Waals surface area contributed by atoms with Crippen molar-refractivity contribution in [3.05, 3.63) is 0 Å². The second kappa shape index (κ2) is 3.46. The van der Waals surface area contributed by atoms with Crippen LogP contribution in [0.25, 0.3) is 0 Å². The summed E-state index contributed by atoms with van der Waals surface area (Å²) in [6, 6.07) is 0. The van der Waals surface area contributed by atoms with Gasteiger partial charge in [0.05, 0.1) is 12.6 Å². The molecule has 1 aliphatic rings. The molecule has 0 N–H and O–H groups in total. The normalized spacial score (nSPS) is 16.5. The van der Waals surface area contributed by atoms with Gasteiger partial charge in [-0.1, -0.05) is 0 Å². The molecule has 0 unspecified atom stereocenters. The highest BCUT2D eigenvalue weighted by Gasteiger charge is 2.01. The summed E-state index contributed by atoms with van der Waals surface area (Å²) in [6.45, 7) is 5.27. The molecular formula is C7H12N2O. The van der Waals surface area contributed by atoms with E-state index in [-0.39, 0.29) is 6.10 Å². The standard InChI is InChI=1S/C7H12N2O/c1-6(2)10-5-7-8-3-4-9-7/h3,6H,4-5H2,1-2H3. The highest BCUT2D eigenvalue weighted by Crippen LogP contribution is 1.93. The molecule has 0 aromatic carbocycles. The quantitative estimate of drug-likeness (QED) is 0.573. The Morgan fingerprint density at radius 2 is 2.50 bits per heavy atom. The third-order valence-corrected chi connectivity index (χ3v) is 1.14. The minimum atomic E-state index is 0.262. The van der Waals surface area contributed by atoms with Gasteiger partial charge < -0.3 is 4.74 Å². The molecule has 1 heterocycles. The summed E-state index contributed by atoms with van der Waals surface area (Å²) in [6.07, 6.45) is 2.05. The summed E-state index contributed by atoms with van der Waals surface area (Å²) >= 11 is 0. The van der Waals surface area contributed by atoms with E-state index < -0.39 is 0 Å². The Kier molecular flexibility index (Phi) is 2.57. The summed E-state index contributed by atoms with van der Waals surface area (Å²) in [4.78, 5) is 8.08. The fraction of sp³-hybridized carbons (Fsp3) is 0.714. The molecule has 0 aromatic rings. The Bertz CT molecular complexity index is 161. The SMILES string of the molecule is CC(C)OCC1=NCC=N1. The van der Waals surface area contributed by atoms with Crippen LogP contribution >= 0.6 is 0 Å². The van der Waals surface area contributed by atoms with Crippen molar-refractivity contribution in [2.24, 2.45) is 9.98 Å². The molecule has 0 fully saturated rings. The van der Waals surface area contributed by atoms with Crippen molar-refractivity contribution in [3.8, 4) is 0 Å². The first kappa shape index (κ1) is 7.41. The number of aliphatic imine (C=N–C) groups is 2. The first-order valence-electron chi connectivity index (χ1n) is 3.46. The molecular weight excluding hydrogens is 128 g/mol. The predicted octanol–water partition coefficient (Wildman–Crippen LogP) is 0.894. The number of amidine groups is 1. The molecule has 0 saturated carbocycles. The van der Waals surface area contributed by atoms with Crippen LogP contribution in [0.15, 0.2) is 9.98 Å². The fourth-order valence-electron chi connectivity index (χ4n) is 0.657. The zero-order chi connectivity index (χ0) is 7.40. The van der Waals surface area contributed by atoms with Gasteiger partial charge in [0.1, 0.15) is 12.4 Å². The third-order valence-electron chi connectivity index (χ3n) is 1.14. The summed E-state index contributed by atoms with van der Waals surface area (Å²) in [5.41, 5.74) is 0. The molecule has 10 heavy (non-hydrogen) atoms. The fourth-order valence-corrected chi connectivity index (χ4v) is 0.657. The van der Waals surface area contributed by atoms with E-state index in [9.17, 15) is 0 Å². The van der Waals surface area contributed by atoms with Crippen LogP contribution in [0, 0.1) is 0 Å². The zero-order valence-electron chi connectivity index (χ0n) is 6.37. The van der Waals surface area contributed by atoms with Crippen LogP contribution in [-0.2, 0) is 4.74 Å². The minimum absolute atomic E-state index is 0.262. The molecule has 1 rings (SSSR count). The van der Waals surface area contributed by atoms with Crippen molar-refractivity contribution in [2.45, 2.75) is 20.0 Å². The van der Waals surface area contributed by atoms with Crippen molar-refractivity contribution < 1.29 is 4.74 Å². The summed E-state index contributed by atoms with van der Waals surface area (Å²) in [7, 11) is 0. The molecule has 3 nitrogen and oxygen atoms in total. The smallest absolute Gasteiger partial charge is 0.149 e. The van der Waals surface area contributed by atoms with Gasteiger partial charge in [0.15, 0.2) is 0 Å². The molecule has 0 aliphatic carbocycles. The lowest BCUT2D eigenvalue weighted by Crippen LogP contribution is -2.10. The summed E-state index contributed by atoms with van der Waals surface area (Å²) < 4.78 is 5.28. The Balaban J connectivity index is 2.19. The number of rotatable bonds is 3. The number of hydrogen-bond donors (Lipinski definition) is 0. The molecule has 0 radical (unpaired) electrons. The number of nitrogens with zero attached hydrogens (tertiary/aromatic N) is 2. The van der Waals surface area contributed by atoms with Gasteiger partial charge in [-0.15, -0.1) is 0 Å². The molecule has 0 spiro atoms. The van der Waals surface area contributed by atoms with Gasteiger partial charge in [0.2, 0.25) is 0 Å². The van der Waals surface area contributed by atoms with Crippen LogP contribution in [0.2, 0.25) is 0 Å². The van der Waals surface area contributed by atoms with Gasteiger partial charge in [-0.2, -0.15) is 0 Å². The largest absolute Gasteiger partial charge is 0.371 e. The predicted molar refractivity (Wildman–Crippen MR) is 41.9 cm³/mol. The Hall–Kier alpha value is -0.700. The molecule has 0 amide bonds. The third kappa shape index (κ3) is 2.27. The van der Waals surface area contributed by atoms with E-state index in [2.05, 4.69) is 9.98 Å². The molecule has 0 aromatic heterocycles. The van der Waals surface area contributed by atoms with Gasteiger partial charge in [-0.05, 0) is 13.8 Å². The lowest BCUT2D eigenvalue weighted by atomic mass is 10.5. The van der Waals surface area contributed by atoms with E-state index in [0.29, 0.717) is 6.61 Å². The van der Waals surface area contributed by atoms with Crippen molar-refractivity contribution in [1.29, 1.82) is 0 Å². The van der Waals surface area contributed by atoms with E-state index in [0.717, 1.165) is 12.4 Å². The van der Waals surface area contributed by atoms with Crippen LogP contribution in [0.4, 0.5) is 0 Å². The van der Waals surface area contributed by atoms with Gasteiger partial charge in [-0.3, -0.25) is 4.99 Å². The molecule has 0 bridgehead atoms. The summed E-state index contributed by atoms with van der Waals surface area (Å²) in [5, 5.41) is 0. The van der Waals surface area contributed by atoms with Crippen LogP contribution in [0.3, 0.4) is 0 Å². The molecule has 0 atom stereocenters. The van der Waals surface area contributed by atoms with Crippen molar-refractivity contribution in [3.63, 3.8) is 0 Å². The summed E-state index contributed by atoms with van der Waals surface area (Å²) in [5.74, 6) is 0.814. The average molecular weight is 140 g/mol. The van der Waals surface area contributed by atoms with E-state index in [1.165, 1.54) is 0 Å². The highest BCUT2D eigenvalue weighted by molar-refractivity contribution is 5.95. The van der Waals surface area contributed by atoms with Crippen LogP contribution in [0.5, 0.6) is 0 Å². The molecule has 3 heteroatoms. The van der Waals surface area contributed by atoms with Crippen molar-refractivity contribution in [1.82, 2.24) is 0 Å². The van der Waals surface area contributed by atoms with E-state index in [1.54, 1.807) is 6.21 Å². The van der Waals surface area contributed by atoms with Crippen LogP contribution in [0.1, 0.15) is 13.8 Å². The topological polar surface area (TPSA) is 34.0 Å². The van der Waals surface area contributed by atoms with E-state index in [1.807, 2.05) is 13.8 Å². The zero-order valence-corrected chi connectivity index (χ0v) is 6.37. The maximum absolute atomic E-state index is 5.28. The second-order valence-corrected chi connectivity index (χ2v) is 2.43. The maximum Gasteiger partial charge on any atom is 0.149 e. The molecule has 56 valence electrons. The van der Waals surface area contributed by atoms with Crippen LogP contribution < -0.4 is 0 Å². The van der Waals surface area contributed by atoms with Gasteiger partial charge in [-0.25, -0.2) is 4.99 Å². The van der Waals surface area contributed by atoms with Crippen molar-refractivity contribution >= 4 is 12.1 Å². The Labute approximate surface area is 60.8 Å². The van der Waals surface area contributed by atoms with Gasteiger partial charge in [0, 0.05) is 6.21 Å². The number of hydrogen-bond acceptors (Lipinski definition) is 3. The van der Waals surface area contributed by atoms with Gasteiger partial charge >= 0.3 is 0 Å². The first-order valence-corrected chi connectivity index (χ1v) is 3.46. The van der Waals surface area contributed by atoms with Crippen molar-refractivity contribution in [2.75, 3.05) is 13.2 Å². The monoisotopic (exact) mass is 140 g/mol. The maximum atomic E-state index is 5.28. The second-order valence-electron chi connectivity index (χ2n) is 2.43. The Morgan fingerprint density at radius 3 is 3.00 bits per heavy atom. The lowest BCUT2D eigenvalue weighted by Gasteiger charge is -2.04. The van der Waals surface area contributed by atoms with Crippen LogP contribution in [-0.4, -0.2) is 31.3 Å².